The van der Waals surface area contributed by atoms with Crippen LogP contribution < -0.4 is 5.32 Å². The van der Waals surface area contributed by atoms with Gasteiger partial charge in [-0.1, -0.05) is 56.3 Å². The Labute approximate surface area is 120 Å². The van der Waals surface area contributed by atoms with E-state index in [0.29, 0.717) is 12.5 Å². The van der Waals surface area contributed by atoms with Crippen molar-refractivity contribution in [1.29, 1.82) is 0 Å². The van der Waals surface area contributed by atoms with E-state index in [4.69, 9.17) is 0 Å². The molecule has 0 saturated heterocycles. The molecule has 0 heterocycles. The second kappa shape index (κ2) is 6.38. The van der Waals surface area contributed by atoms with E-state index >= 15 is 0 Å². The van der Waals surface area contributed by atoms with Gasteiger partial charge in [0.2, 0.25) is 0 Å². The molecule has 2 aromatic carbocycles. The lowest BCUT2D eigenvalue weighted by atomic mass is 9.97. The smallest absolute Gasteiger partial charge is 0.251 e. The molecule has 0 radical (unpaired) electrons. The molecule has 0 saturated carbocycles. The average Bonchev–Trinajstić information content (AvgIpc) is 2.45. The van der Waals surface area contributed by atoms with E-state index in [1.807, 2.05) is 43.3 Å². The number of aryl methyl sites for hydroxylation is 1. The van der Waals surface area contributed by atoms with Gasteiger partial charge in [-0.05, 0) is 35.6 Å². The van der Waals surface area contributed by atoms with Crippen molar-refractivity contribution in [3.05, 3.63) is 70.8 Å². The number of rotatable bonds is 4. The molecular weight excluding hydrogens is 246 g/mol. The summed E-state index contributed by atoms with van der Waals surface area (Å²) in [4.78, 5) is 12.2. The molecule has 1 amide bonds. The zero-order valence-electron chi connectivity index (χ0n) is 12.3. The van der Waals surface area contributed by atoms with Crippen molar-refractivity contribution in [2.75, 3.05) is 0 Å². The minimum atomic E-state index is -0.0124. The summed E-state index contributed by atoms with van der Waals surface area (Å²) in [6, 6.07) is 15.9. The molecule has 2 aromatic rings. The highest BCUT2D eigenvalue weighted by atomic mass is 16.1. The minimum Gasteiger partial charge on any atom is -0.348 e. The summed E-state index contributed by atoms with van der Waals surface area (Å²) in [5, 5.41) is 3.01. The summed E-state index contributed by atoms with van der Waals surface area (Å²) in [6.07, 6.45) is 0. The summed E-state index contributed by atoms with van der Waals surface area (Å²) in [7, 11) is 0. The number of carbonyl (C=O) groups excluding carboxylic acids is 1. The van der Waals surface area contributed by atoms with Gasteiger partial charge in [-0.25, -0.2) is 0 Å². The maximum atomic E-state index is 12.2. The largest absolute Gasteiger partial charge is 0.348 e. The topological polar surface area (TPSA) is 29.1 Å². The van der Waals surface area contributed by atoms with E-state index in [2.05, 4.69) is 31.3 Å². The zero-order chi connectivity index (χ0) is 14.5. The van der Waals surface area contributed by atoms with Gasteiger partial charge in [0.1, 0.15) is 0 Å². The van der Waals surface area contributed by atoms with Crippen LogP contribution in [0.25, 0.3) is 0 Å². The van der Waals surface area contributed by atoms with Gasteiger partial charge in [-0.15, -0.1) is 0 Å². The molecule has 0 unspecified atom stereocenters. The molecule has 2 heteroatoms. The van der Waals surface area contributed by atoms with Gasteiger partial charge in [-0.2, -0.15) is 0 Å². The Morgan fingerprint density at radius 2 is 1.70 bits per heavy atom. The van der Waals surface area contributed by atoms with Crippen molar-refractivity contribution < 1.29 is 4.79 Å². The molecule has 2 rings (SSSR count). The summed E-state index contributed by atoms with van der Waals surface area (Å²) in [5.74, 6) is 0.447. The van der Waals surface area contributed by atoms with Gasteiger partial charge in [0.05, 0.1) is 0 Å². The van der Waals surface area contributed by atoms with Crippen LogP contribution >= 0.6 is 0 Å². The Morgan fingerprint density at radius 3 is 2.40 bits per heavy atom. The molecule has 1 N–H and O–H groups in total. The van der Waals surface area contributed by atoms with E-state index in [1.165, 1.54) is 11.1 Å². The van der Waals surface area contributed by atoms with Crippen molar-refractivity contribution >= 4 is 5.91 Å². The van der Waals surface area contributed by atoms with E-state index in [-0.39, 0.29) is 5.91 Å². The van der Waals surface area contributed by atoms with Crippen molar-refractivity contribution in [2.45, 2.75) is 33.2 Å². The van der Waals surface area contributed by atoms with E-state index < -0.39 is 0 Å². The summed E-state index contributed by atoms with van der Waals surface area (Å²) < 4.78 is 0. The van der Waals surface area contributed by atoms with E-state index in [9.17, 15) is 4.79 Å². The van der Waals surface area contributed by atoms with Crippen LogP contribution in [0.2, 0.25) is 0 Å². The molecule has 20 heavy (non-hydrogen) atoms. The van der Waals surface area contributed by atoms with Crippen LogP contribution in [0, 0.1) is 6.92 Å². The first-order chi connectivity index (χ1) is 9.59. The Morgan fingerprint density at radius 1 is 1.05 bits per heavy atom. The highest BCUT2D eigenvalue weighted by Gasteiger charge is 2.10. The van der Waals surface area contributed by atoms with Gasteiger partial charge in [0.25, 0.3) is 5.91 Å². The standard InChI is InChI=1S/C18H21NO/c1-13(2)16-10-7-5-9-15(16)12-19-18(20)17-11-6-4-8-14(17)3/h4-11,13H,12H2,1-3H3,(H,19,20). The van der Waals surface area contributed by atoms with Gasteiger partial charge < -0.3 is 5.32 Å². The fraction of sp³-hybridized carbons (Fsp3) is 0.278. The number of nitrogens with one attached hydrogen (secondary N) is 1. The summed E-state index contributed by atoms with van der Waals surface area (Å²) >= 11 is 0. The van der Waals surface area contributed by atoms with Crippen molar-refractivity contribution in [1.82, 2.24) is 5.32 Å². The predicted octanol–water partition coefficient (Wildman–Crippen LogP) is 4.05. The van der Waals surface area contributed by atoms with Crippen LogP contribution in [0.3, 0.4) is 0 Å². The van der Waals surface area contributed by atoms with Gasteiger partial charge in [0.15, 0.2) is 0 Å². The first kappa shape index (κ1) is 14.3. The summed E-state index contributed by atoms with van der Waals surface area (Å²) in [6.45, 7) is 6.86. The van der Waals surface area contributed by atoms with Crippen LogP contribution in [0.1, 0.15) is 46.8 Å². The predicted molar refractivity (Wildman–Crippen MR) is 82.9 cm³/mol. The molecule has 0 aliphatic rings. The summed E-state index contributed by atoms with van der Waals surface area (Å²) in [5.41, 5.74) is 4.22. The number of amides is 1. The molecule has 2 nitrogen and oxygen atoms in total. The van der Waals surface area contributed by atoms with Crippen molar-refractivity contribution in [3.63, 3.8) is 0 Å². The minimum absolute atomic E-state index is 0.0124. The quantitative estimate of drug-likeness (QED) is 0.889. The fourth-order valence-corrected chi connectivity index (χ4v) is 2.36. The number of carbonyl (C=O) groups is 1. The highest BCUT2D eigenvalue weighted by Crippen LogP contribution is 2.19. The monoisotopic (exact) mass is 267 g/mol. The van der Waals surface area contributed by atoms with Crippen molar-refractivity contribution in [3.8, 4) is 0 Å². The van der Waals surface area contributed by atoms with Crippen LogP contribution in [0.15, 0.2) is 48.5 Å². The fourth-order valence-electron chi connectivity index (χ4n) is 2.36. The van der Waals surface area contributed by atoms with Crippen LogP contribution in [-0.4, -0.2) is 5.91 Å². The lowest BCUT2D eigenvalue weighted by molar-refractivity contribution is 0.0950. The van der Waals surface area contributed by atoms with Gasteiger partial charge in [-0.3, -0.25) is 4.79 Å². The molecule has 0 spiro atoms. The van der Waals surface area contributed by atoms with Crippen LogP contribution in [0.5, 0.6) is 0 Å². The number of hydrogen-bond acceptors (Lipinski definition) is 1. The number of benzene rings is 2. The third kappa shape index (κ3) is 3.27. The second-order valence-corrected chi connectivity index (χ2v) is 5.35. The van der Waals surface area contributed by atoms with Crippen LogP contribution in [0.4, 0.5) is 0 Å². The normalized spacial score (nSPS) is 10.6. The molecule has 0 aliphatic heterocycles. The molecule has 0 bridgehead atoms. The first-order valence-corrected chi connectivity index (χ1v) is 7.01. The number of hydrogen-bond donors (Lipinski definition) is 1. The third-order valence-corrected chi connectivity index (χ3v) is 3.51. The first-order valence-electron chi connectivity index (χ1n) is 7.01. The van der Waals surface area contributed by atoms with Crippen molar-refractivity contribution in [2.24, 2.45) is 0 Å². The maximum absolute atomic E-state index is 12.2. The lowest BCUT2D eigenvalue weighted by Gasteiger charge is -2.13. The Bertz CT molecular complexity index is 602. The van der Waals surface area contributed by atoms with Gasteiger partial charge in [0, 0.05) is 12.1 Å². The Hall–Kier alpha value is -2.09. The second-order valence-electron chi connectivity index (χ2n) is 5.35. The maximum Gasteiger partial charge on any atom is 0.251 e. The molecule has 0 aliphatic carbocycles. The molecular formula is C18H21NO. The average molecular weight is 267 g/mol. The Balaban J connectivity index is 2.10. The van der Waals surface area contributed by atoms with Gasteiger partial charge >= 0.3 is 0 Å². The van der Waals surface area contributed by atoms with E-state index in [0.717, 1.165) is 11.1 Å². The third-order valence-electron chi connectivity index (χ3n) is 3.51. The van der Waals surface area contributed by atoms with Crippen LogP contribution in [-0.2, 0) is 6.54 Å². The molecule has 0 aromatic heterocycles. The molecule has 0 atom stereocenters. The SMILES string of the molecule is Cc1ccccc1C(=O)NCc1ccccc1C(C)C. The molecule has 104 valence electrons. The highest BCUT2D eigenvalue weighted by molar-refractivity contribution is 5.95. The lowest BCUT2D eigenvalue weighted by Crippen LogP contribution is -2.24. The molecule has 0 fully saturated rings. The Kier molecular flexibility index (Phi) is 4.57. The van der Waals surface area contributed by atoms with E-state index in [1.54, 1.807) is 0 Å². The zero-order valence-corrected chi connectivity index (χ0v) is 12.3.